The second kappa shape index (κ2) is 13.1. The molecule has 4 N–H and O–H groups in total. The molecule has 46 heavy (non-hydrogen) atoms. The maximum atomic E-state index is 13.8. The Morgan fingerprint density at radius 3 is 2.46 bits per heavy atom. The second-order valence-corrected chi connectivity index (χ2v) is 12.6. The molecular weight excluding hydrogens is 596 g/mol. The molecule has 1 aliphatic carbocycles. The van der Waals surface area contributed by atoms with Crippen LogP contribution in [0.3, 0.4) is 0 Å². The van der Waals surface area contributed by atoms with Crippen molar-refractivity contribution in [3.05, 3.63) is 41.7 Å². The zero-order valence-electron chi connectivity index (χ0n) is 27.0. The first kappa shape index (κ1) is 32.9. The minimum Gasteiger partial charge on any atom is -0.504 e. The van der Waals surface area contributed by atoms with Gasteiger partial charge < -0.3 is 40.2 Å². The van der Waals surface area contributed by atoms with E-state index in [0.717, 1.165) is 12.8 Å². The Balaban J connectivity index is 1.28. The molecule has 1 saturated carbocycles. The van der Waals surface area contributed by atoms with Crippen molar-refractivity contribution in [2.75, 3.05) is 38.0 Å². The zero-order chi connectivity index (χ0) is 33.3. The number of nitrogens with one attached hydrogen (secondary N) is 3. The van der Waals surface area contributed by atoms with Crippen molar-refractivity contribution in [2.45, 2.75) is 71.0 Å². The number of nitrogens with zero attached hydrogens (tertiary/aromatic N) is 3. The lowest BCUT2D eigenvalue weighted by Crippen LogP contribution is -2.52. The lowest BCUT2D eigenvalue weighted by Gasteiger charge is -2.34. The van der Waals surface area contributed by atoms with Crippen LogP contribution < -0.4 is 25.6 Å². The molecule has 2 aliphatic heterocycles. The van der Waals surface area contributed by atoms with E-state index in [-0.39, 0.29) is 52.5 Å². The van der Waals surface area contributed by atoms with Crippen LogP contribution in [0.2, 0.25) is 0 Å². The predicted molar refractivity (Wildman–Crippen MR) is 167 cm³/mol. The van der Waals surface area contributed by atoms with Gasteiger partial charge in [0.15, 0.2) is 17.7 Å². The number of aromatic hydroxyl groups is 1. The highest BCUT2D eigenvalue weighted by Gasteiger charge is 2.58. The predicted octanol–water partition coefficient (Wildman–Crippen LogP) is 2.61. The summed E-state index contributed by atoms with van der Waals surface area (Å²) in [5, 5.41) is 19.0. The number of aromatic nitrogens is 1. The van der Waals surface area contributed by atoms with Crippen LogP contribution in [0.1, 0.15) is 56.1 Å². The van der Waals surface area contributed by atoms with Crippen molar-refractivity contribution >= 4 is 35.2 Å². The third-order valence-corrected chi connectivity index (χ3v) is 9.02. The smallest absolute Gasteiger partial charge is 0.416 e. The van der Waals surface area contributed by atoms with E-state index in [1.165, 1.54) is 37.4 Å². The lowest BCUT2D eigenvalue weighted by molar-refractivity contribution is -0.128. The number of fused-ring (bicyclic) bond motifs is 2. The summed E-state index contributed by atoms with van der Waals surface area (Å²) in [5.74, 6) is -1.04. The van der Waals surface area contributed by atoms with Crippen molar-refractivity contribution in [3.63, 3.8) is 0 Å². The van der Waals surface area contributed by atoms with Crippen LogP contribution in [-0.2, 0) is 25.7 Å². The molecule has 1 spiro atoms. The van der Waals surface area contributed by atoms with Crippen molar-refractivity contribution in [1.29, 1.82) is 0 Å². The van der Waals surface area contributed by atoms with Crippen molar-refractivity contribution < 1.29 is 38.5 Å². The molecule has 14 nitrogen and oxygen atoms in total. The molecule has 4 amide bonds. The van der Waals surface area contributed by atoms with Crippen molar-refractivity contribution in [3.8, 4) is 11.5 Å². The normalized spacial score (nSPS) is 20.8. The summed E-state index contributed by atoms with van der Waals surface area (Å²) in [6.07, 6.45) is 2.47. The van der Waals surface area contributed by atoms with Crippen LogP contribution in [0.25, 0.3) is 0 Å². The first-order valence-corrected chi connectivity index (χ1v) is 15.4. The van der Waals surface area contributed by atoms with Gasteiger partial charge in [-0.25, -0.2) is 9.69 Å². The number of methoxy groups -OCH3 is 2. The average molecular weight is 639 g/mol. The van der Waals surface area contributed by atoms with E-state index in [9.17, 15) is 24.3 Å². The summed E-state index contributed by atoms with van der Waals surface area (Å²) < 4.78 is 16.8. The molecule has 1 saturated heterocycles. The quantitative estimate of drug-likeness (QED) is 0.303. The summed E-state index contributed by atoms with van der Waals surface area (Å²) in [7, 11) is 4.56. The minimum absolute atomic E-state index is 0.0267. The van der Waals surface area contributed by atoms with E-state index in [1.54, 1.807) is 31.0 Å². The standard InChI is InChI=1S/C32H42N6O8/c1-17(2)26(33-4)28(41)35-18(3)27(40)36-19-7-8-20(34-14-19)15-46-31(43)38-22-12-24(39)25(44-5)11-21(22)29(42)37-16-32(9-10-32)13-23(37)30(38)45-6/h7-8,11-12,14,17-18,23,26,30,33,39H,9-10,13,15-16H2,1-6H3,(H,35,41)(H,36,40)/t18?,23?,26-,30?/m0/s1. The van der Waals surface area contributed by atoms with E-state index >= 15 is 0 Å². The van der Waals surface area contributed by atoms with Crippen LogP contribution >= 0.6 is 0 Å². The number of pyridine rings is 1. The minimum atomic E-state index is -0.859. The second-order valence-electron chi connectivity index (χ2n) is 12.6. The molecule has 3 heterocycles. The Labute approximate surface area is 267 Å². The Kier molecular flexibility index (Phi) is 9.40. The van der Waals surface area contributed by atoms with Crippen LogP contribution in [0.15, 0.2) is 30.5 Å². The molecule has 14 heteroatoms. The first-order chi connectivity index (χ1) is 21.9. The maximum Gasteiger partial charge on any atom is 0.416 e. The maximum absolute atomic E-state index is 13.8. The number of carbonyl (C=O) groups excluding carboxylic acids is 4. The molecule has 248 valence electrons. The SMILES string of the molecule is CN[C@H](C(=O)NC(C)C(=O)Nc1ccc(COC(=O)N2c3cc(O)c(OC)cc3C(=O)N3CC4(CC4)CC3C2OC)nc1)C(C)C. The van der Waals surface area contributed by atoms with E-state index < -0.39 is 36.4 Å². The van der Waals surface area contributed by atoms with Gasteiger partial charge >= 0.3 is 6.09 Å². The number of hydrogen-bond donors (Lipinski definition) is 4. The van der Waals surface area contributed by atoms with E-state index in [0.29, 0.717) is 24.3 Å². The van der Waals surface area contributed by atoms with Crippen molar-refractivity contribution in [1.82, 2.24) is 20.5 Å². The van der Waals surface area contributed by atoms with Gasteiger partial charge in [-0.2, -0.15) is 0 Å². The summed E-state index contributed by atoms with van der Waals surface area (Å²) in [4.78, 5) is 60.0. The fraction of sp³-hybridized carbons (Fsp3) is 0.531. The van der Waals surface area contributed by atoms with E-state index in [4.69, 9.17) is 14.2 Å². The number of amides is 4. The number of phenols is 1. The van der Waals surface area contributed by atoms with Gasteiger partial charge in [-0.05, 0) is 62.8 Å². The fourth-order valence-corrected chi connectivity index (χ4v) is 6.31. The van der Waals surface area contributed by atoms with Gasteiger partial charge in [0.05, 0.1) is 48.0 Å². The lowest BCUT2D eigenvalue weighted by atomic mass is 10.0. The molecule has 1 aromatic heterocycles. The Morgan fingerprint density at radius 2 is 1.87 bits per heavy atom. The number of benzene rings is 1. The van der Waals surface area contributed by atoms with Crippen molar-refractivity contribution in [2.24, 2.45) is 11.3 Å². The zero-order valence-corrected chi connectivity index (χ0v) is 27.0. The van der Waals surface area contributed by atoms with E-state index in [1.807, 2.05) is 13.8 Å². The molecule has 0 bridgehead atoms. The van der Waals surface area contributed by atoms with Crippen LogP contribution in [0.4, 0.5) is 16.2 Å². The molecule has 5 rings (SSSR count). The monoisotopic (exact) mass is 638 g/mol. The summed E-state index contributed by atoms with van der Waals surface area (Å²) in [6.45, 7) is 5.77. The topological polar surface area (TPSA) is 172 Å². The highest BCUT2D eigenvalue weighted by atomic mass is 16.6. The largest absolute Gasteiger partial charge is 0.504 e. The summed E-state index contributed by atoms with van der Waals surface area (Å²) >= 11 is 0. The number of carbonyl (C=O) groups is 4. The van der Waals surface area contributed by atoms with Gasteiger partial charge in [0, 0.05) is 19.7 Å². The van der Waals surface area contributed by atoms with Gasteiger partial charge in [-0.1, -0.05) is 13.8 Å². The number of ether oxygens (including phenoxy) is 3. The number of hydrogen-bond acceptors (Lipinski definition) is 10. The average Bonchev–Trinajstić information content (AvgIpc) is 3.69. The Hall–Kier alpha value is -4.43. The molecule has 3 unspecified atom stereocenters. The molecular formula is C32H42N6O8. The molecule has 2 fully saturated rings. The van der Waals surface area contributed by atoms with Gasteiger partial charge in [0.25, 0.3) is 5.91 Å². The van der Waals surface area contributed by atoms with Crippen LogP contribution in [-0.4, -0.2) is 91.0 Å². The number of rotatable bonds is 10. The van der Waals surface area contributed by atoms with E-state index in [2.05, 4.69) is 20.9 Å². The Morgan fingerprint density at radius 1 is 1.13 bits per heavy atom. The number of likely N-dealkylation sites (N-methyl/N-ethyl adjacent to an activating group) is 1. The fourth-order valence-electron chi connectivity index (χ4n) is 6.31. The Bertz CT molecular complexity index is 1490. The van der Waals surface area contributed by atoms with Gasteiger partial charge in [0.1, 0.15) is 12.6 Å². The molecule has 0 radical (unpaired) electrons. The molecule has 3 aliphatic rings. The van der Waals surface area contributed by atoms with Gasteiger partial charge in [-0.3, -0.25) is 19.4 Å². The molecule has 2 aromatic rings. The highest BCUT2D eigenvalue weighted by Crippen LogP contribution is 2.57. The number of phenolic OH excluding ortho intramolecular Hbond substituents is 1. The summed E-state index contributed by atoms with van der Waals surface area (Å²) in [5.41, 5.74) is 1.18. The van der Waals surface area contributed by atoms with Gasteiger partial charge in [-0.15, -0.1) is 0 Å². The third-order valence-electron chi connectivity index (χ3n) is 9.02. The summed E-state index contributed by atoms with van der Waals surface area (Å²) in [6, 6.07) is 4.34. The van der Waals surface area contributed by atoms with Crippen LogP contribution in [0.5, 0.6) is 11.5 Å². The van der Waals surface area contributed by atoms with Gasteiger partial charge in [0.2, 0.25) is 11.8 Å². The molecule has 4 atom stereocenters. The molecule has 1 aromatic carbocycles. The number of anilines is 2. The first-order valence-electron chi connectivity index (χ1n) is 15.4. The van der Waals surface area contributed by atoms with Crippen LogP contribution in [0, 0.1) is 11.3 Å². The highest BCUT2D eigenvalue weighted by molar-refractivity contribution is 6.06. The third kappa shape index (κ3) is 6.44.